The van der Waals surface area contributed by atoms with E-state index in [2.05, 4.69) is 4.98 Å². The van der Waals surface area contributed by atoms with Gasteiger partial charge in [0.25, 0.3) is 0 Å². The van der Waals surface area contributed by atoms with Gasteiger partial charge < -0.3 is 5.32 Å². The lowest BCUT2D eigenvalue weighted by Gasteiger charge is -2.11. The molecule has 2 aromatic heterocycles. The molecule has 1 N–H and O–H groups in total. The predicted molar refractivity (Wildman–Crippen MR) is 110 cm³/mol. The number of alkyl halides is 6. The van der Waals surface area contributed by atoms with Crippen LogP contribution in [0, 0.1) is 0 Å². The number of ketones is 1. The zero-order valence-electron chi connectivity index (χ0n) is 16.9. The molecule has 0 aliphatic carbocycles. The number of fused-ring (bicyclic) bond motifs is 1. The quantitative estimate of drug-likeness (QED) is 0.301. The lowest BCUT2D eigenvalue weighted by Crippen LogP contribution is -2.30. The Morgan fingerprint density at radius 1 is 0.794 bits per heavy atom. The van der Waals surface area contributed by atoms with Crippen LogP contribution in [-0.4, -0.2) is 27.3 Å². The number of hydrogen-bond donors (Lipinski definition) is 1. The number of benzene rings is 2. The number of pyridine rings is 1. The molecular weight excluding hydrogens is 464 g/mol. The van der Waals surface area contributed by atoms with Crippen LogP contribution < -0.4 is 5.32 Å². The maximum absolute atomic E-state index is 13.0. The maximum Gasteiger partial charge on any atom is 0.471 e. The van der Waals surface area contributed by atoms with E-state index in [4.69, 9.17) is 0 Å². The minimum atomic E-state index is -5.22. The van der Waals surface area contributed by atoms with Gasteiger partial charge in [0, 0.05) is 22.9 Å². The summed E-state index contributed by atoms with van der Waals surface area (Å²) in [5.41, 5.74) is -0.476. The molecule has 174 valence electrons. The Labute approximate surface area is 187 Å². The van der Waals surface area contributed by atoms with Crippen LogP contribution in [0.15, 0.2) is 72.9 Å². The molecule has 0 saturated carbocycles. The Balaban J connectivity index is 1.87. The number of imidazole rings is 1. The van der Waals surface area contributed by atoms with Crippen molar-refractivity contribution in [3.8, 4) is 11.3 Å². The van der Waals surface area contributed by atoms with Crippen LogP contribution in [-0.2, 0) is 11.0 Å². The minimum Gasteiger partial charge on any atom is -0.301 e. The molecule has 0 radical (unpaired) electrons. The number of anilines is 1. The fraction of sp³-hybridized carbons (Fsp3) is 0.0870. The molecule has 5 nitrogen and oxygen atoms in total. The fourth-order valence-corrected chi connectivity index (χ4v) is 3.29. The molecule has 0 unspecified atom stereocenters. The Morgan fingerprint density at radius 3 is 2.03 bits per heavy atom. The van der Waals surface area contributed by atoms with Gasteiger partial charge in [0.2, 0.25) is 0 Å². The Hall–Kier alpha value is -4.15. The molecule has 0 aliphatic heterocycles. The molecule has 2 heterocycles. The number of rotatable bonds is 4. The number of hydrogen-bond acceptors (Lipinski definition) is 3. The SMILES string of the molecule is O=C(c1ccccc1)c1ccc2nc(NC(=O)C(F)(F)F)c(-c3ccc(C(F)(F)F)cc3)n2c1. The van der Waals surface area contributed by atoms with Crippen molar-refractivity contribution in [3.05, 3.63) is 89.6 Å². The van der Waals surface area contributed by atoms with E-state index in [0.29, 0.717) is 5.56 Å². The highest BCUT2D eigenvalue weighted by Gasteiger charge is 2.39. The third-order valence-corrected chi connectivity index (χ3v) is 4.89. The molecule has 4 rings (SSSR count). The number of amides is 1. The van der Waals surface area contributed by atoms with Crippen LogP contribution in [0.4, 0.5) is 32.2 Å². The van der Waals surface area contributed by atoms with Crippen molar-refractivity contribution < 1.29 is 35.9 Å². The van der Waals surface area contributed by atoms with Crippen LogP contribution in [0.25, 0.3) is 16.9 Å². The standard InChI is InChI=1S/C23H13F6N3O2/c24-22(25,26)16-9-6-13(7-10-16)18-20(31-21(34)23(27,28)29)30-17-11-8-15(12-32(17)18)19(33)14-4-2-1-3-5-14/h1-12H,(H,31,34). The molecule has 0 spiro atoms. The van der Waals surface area contributed by atoms with Crippen LogP contribution in [0.2, 0.25) is 0 Å². The van der Waals surface area contributed by atoms with E-state index in [9.17, 15) is 35.9 Å². The first-order valence-electron chi connectivity index (χ1n) is 9.63. The second-order valence-corrected chi connectivity index (χ2v) is 7.18. The van der Waals surface area contributed by atoms with E-state index >= 15 is 0 Å². The molecule has 0 atom stereocenters. The molecule has 4 aromatic rings. The van der Waals surface area contributed by atoms with E-state index in [1.165, 1.54) is 22.7 Å². The Kier molecular flexibility index (Phi) is 5.64. The van der Waals surface area contributed by atoms with Gasteiger partial charge in [0.05, 0.1) is 11.3 Å². The highest BCUT2D eigenvalue weighted by Crippen LogP contribution is 2.34. The highest BCUT2D eigenvalue weighted by atomic mass is 19.4. The van der Waals surface area contributed by atoms with E-state index in [0.717, 1.165) is 24.3 Å². The highest BCUT2D eigenvalue weighted by molar-refractivity contribution is 6.09. The van der Waals surface area contributed by atoms with E-state index in [1.54, 1.807) is 35.6 Å². The summed E-state index contributed by atoms with van der Waals surface area (Å²) in [5, 5.41) is 1.66. The van der Waals surface area contributed by atoms with Crippen LogP contribution in [0.5, 0.6) is 0 Å². The molecular formula is C23H13F6N3O2. The summed E-state index contributed by atoms with van der Waals surface area (Å²) in [6.45, 7) is 0. The maximum atomic E-state index is 13.0. The summed E-state index contributed by atoms with van der Waals surface area (Å²) in [5.74, 6) is -3.22. The average molecular weight is 477 g/mol. The van der Waals surface area contributed by atoms with Crippen LogP contribution in [0.3, 0.4) is 0 Å². The summed E-state index contributed by atoms with van der Waals surface area (Å²) in [4.78, 5) is 28.4. The molecule has 34 heavy (non-hydrogen) atoms. The third kappa shape index (κ3) is 4.49. The molecule has 2 aromatic carbocycles. The van der Waals surface area contributed by atoms with Gasteiger partial charge in [-0.15, -0.1) is 0 Å². The third-order valence-electron chi connectivity index (χ3n) is 4.89. The minimum absolute atomic E-state index is 0.0438. The molecule has 1 amide bonds. The topological polar surface area (TPSA) is 63.5 Å². The first kappa shape index (κ1) is 23.0. The lowest BCUT2D eigenvalue weighted by molar-refractivity contribution is -0.167. The Morgan fingerprint density at radius 2 is 1.44 bits per heavy atom. The van der Waals surface area contributed by atoms with Crippen molar-refractivity contribution in [2.24, 2.45) is 0 Å². The van der Waals surface area contributed by atoms with Crippen molar-refractivity contribution in [2.75, 3.05) is 5.32 Å². The molecule has 0 fully saturated rings. The second-order valence-electron chi connectivity index (χ2n) is 7.18. The summed E-state index contributed by atoms with van der Waals surface area (Å²) in [6, 6.07) is 14.5. The zero-order chi connectivity index (χ0) is 24.7. The summed E-state index contributed by atoms with van der Waals surface area (Å²) >= 11 is 0. The van der Waals surface area contributed by atoms with E-state index in [1.807, 2.05) is 0 Å². The Bertz CT molecular complexity index is 1370. The largest absolute Gasteiger partial charge is 0.471 e. The van der Waals surface area contributed by atoms with Crippen LogP contribution in [0.1, 0.15) is 21.5 Å². The van der Waals surface area contributed by atoms with Gasteiger partial charge in [0.1, 0.15) is 5.65 Å². The number of halogens is 6. The van der Waals surface area contributed by atoms with Crippen molar-refractivity contribution in [3.63, 3.8) is 0 Å². The second kappa shape index (κ2) is 8.32. The first-order valence-corrected chi connectivity index (χ1v) is 9.63. The van der Waals surface area contributed by atoms with Gasteiger partial charge in [-0.2, -0.15) is 26.3 Å². The van der Waals surface area contributed by atoms with Crippen molar-refractivity contribution in [1.29, 1.82) is 0 Å². The summed E-state index contributed by atoms with van der Waals surface area (Å²) < 4.78 is 78.7. The molecule has 0 saturated heterocycles. The lowest BCUT2D eigenvalue weighted by atomic mass is 10.0. The zero-order valence-corrected chi connectivity index (χ0v) is 16.9. The molecule has 0 bridgehead atoms. The van der Waals surface area contributed by atoms with Gasteiger partial charge in [-0.05, 0) is 24.3 Å². The van der Waals surface area contributed by atoms with E-state index < -0.39 is 35.4 Å². The monoisotopic (exact) mass is 477 g/mol. The van der Waals surface area contributed by atoms with Gasteiger partial charge in [-0.3, -0.25) is 14.0 Å². The average Bonchev–Trinajstić information content (AvgIpc) is 3.15. The normalized spacial score (nSPS) is 12.1. The van der Waals surface area contributed by atoms with Gasteiger partial charge in [0.15, 0.2) is 11.6 Å². The van der Waals surface area contributed by atoms with Crippen molar-refractivity contribution >= 4 is 23.2 Å². The van der Waals surface area contributed by atoms with Crippen molar-refractivity contribution in [1.82, 2.24) is 9.38 Å². The van der Waals surface area contributed by atoms with Gasteiger partial charge >= 0.3 is 18.3 Å². The molecule has 0 aliphatic rings. The van der Waals surface area contributed by atoms with Gasteiger partial charge in [-0.1, -0.05) is 42.5 Å². The van der Waals surface area contributed by atoms with Crippen molar-refractivity contribution in [2.45, 2.75) is 12.4 Å². The number of aromatic nitrogens is 2. The van der Waals surface area contributed by atoms with E-state index in [-0.39, 0.29) is 22.5 Å². The number of nitrogens with zero attached hydrogens (tertiary/aromatic N) is 2. The number of carbonyl (C=O) groups excluding carboxylic acids is 2. The molecule has 11 heteroatoms. The fourth-order valence-electron chi connectivity index (χ4n) is 3.29. The van der Waals surface area contributed by atoms with Crippen LogP contribution >= 0.6 is 0 Å². The number of carbonyl (C=O) groups is 2. The summed E-state index contributed by atoms with van der Waals surface area (Å²) in [7, 11) is 0. The smallest absolute Gasteiger partial charge is 0.301 e. The predicted octanol–water partition coefficient (Wildman–Crippen LogP) is 5.75. The first-order chi connectivity index (χ1) is 15.9. The van der Waals surface area contributed by atoms with Gasteiger partial charge in [-0.25, -0.2) is 4.98 Å². The number of nitrogens with one attached hydrogen (secondary N) is 1. The summed E-state index contributed by atoms with van der Waals surface area (Å²) in [6.07, 6.45) is -8.55.